The zero-order valence-electron chi connectivity index (χ0n) is 12.8. The largest absolute Gasteiger partial charge is 0.477 e. The maximum atomic E-state index is 11.3. The lowest BCUT2D eigenvalue weighted by molar-refractivity contribution is 0.0701. The third-order valence-electron chi connectivity index (χ3n) is 3.50. The highest BCUT2D eigenvalue weighted by atomic mass is 32.1. The summed E-state index contributed by atoms with van der Waals surface area (Å²) < 4.78 is 0. The standard InChI is InChI=1S/C16H16N4O2S/c1-9-12-14(18-8-6-11-5-3-4-7-17-11)19-10(2)20-15(12)23-13(9)16(21)22/h3-5,7H,6,8H2,1-2H3,(H,21,22)(H,18,19,20). The minimum atomic E-state index is -0.928. The van der Waals surface area contributed by atoms with E-state index >= 15 is 0 Å². The maximum absolute atomic E-state index is 11.3. The first-order chi connectivity index (χ1) is 11.1. The van der Waals surface area contributed by atoms with Crippen molar-refractivity contribution in [1.29, 1.82) is 0 Å². The molecule has 0 aliphatic heterocycles. The molecule has 0 atom stereocenters. The van der Waals surface area contributed by atoms with E-state index in [1.807, 2.05) is 18.2 Å². The number of nitrogens with zero attached hydrogens (tertiary/aromatic N) is 3. The number of aromatic carboxylic acids is 1. The van der Waals surface area contributed by atoms with E-state index in [0.29, 0.717) is 33.5 Å². The van der Waals surface area contributed by atoms with Crippen LogP contribution in [0.25, 0.3) is 10.2 Å². The Morgan fingerprint density at radius 1 is 1.30 bits per heavy atom. The topological polar surface area (TPSA) is 88.0 Å². The van der Waals surface area contributed by atoms with E-state index < -0.39 is 5.97 Å². The molecule has 23 heavy (non-hydrogen) atoms. The Morgan fingerprint density at radius 2 is 2.13 bits per heavy atom. The highest BCUT2D eigenvalue weighted by molar-refractivity contribution is 7.20. The van der Waals surface area contributed by atoms with Crippen molar-refractivity contribution in [3.8, 4) is 0 Å². The molecule has 0 aliphatic rings. The van der Waals surface area contributed by atoms with Gasteiger partial charge in [-0.1, -0.05) is 6.07 Å². The van der Waals surface area contributed by atoms with Crippen molar-refractivity contribution >= 4 is 33.3 Å². The van der Waals surface area contributed by atoms with Gasteiger partial charge in [-0.3, -0.25) is 4.98 Å². The number of fused-ring (bicyclic) bond motifs is 1. The highest BCUT2D eigenvalue weighted by Crippen LogP contribution is 2.33. The number of hydrogen-bond donors (Lipinski definition) is 2. The molecule has 0 aromatic carbocycles. The average molecular weight is 328 g/mol. The second-order valence-electron chi connectivity index (χ2n) is 5.16. The fourth-order valence-corrected chi connectivity index (χ4v) is 3.50. The van der Waals surface area contributed by atoms with Crippen LogP contribution < -0.4 is 5.32 Å². The summed E-state index contributed by atoms with van der Waals surface area (Å²) in [6.07, 6.45) is 2.53. The molecule has 0 bridgehead atoms. The Labute approximate surface area is 137 Å². The van der Waals surface area contributed by atoms with Crippen molar-refractivity contribution in [3.05, 3.63) is 46.4 Å². The Bertz CT molecular complexity index is 861. The first kappa shape index (κ1) is 15.4. The van der Waals surface area contributed by atoms with Crippen molar-refractivity contribution in [1.82, 2.24) is 15.0 Å². The van der Waals surface area contributed by atoms with Crippen LogP contribution in [0.2, 0.25) is 0 Å². The van der Waals surface area contributed by atoms with Gasteiger partial charge in [0.2, 0.25) is 0 Å². The molecule has 3 heterocycles. The monoisotopic (exact) mass is 328 g/mol. The zero-order chi connectivity index (χ0) is 16.4. The van der Waals surface area contributed by atoms with Crippen LogP contribution in [0.3, 0.4) is 0 Å². The maximum Gasteiger partial charge on any atom is 0.346 e. The van der Waals surface area contributed by atoms with Crippen molar-refractivity contribution < 1.29 is 9.90 Å². The van der Waals surface area contributed by atoms with Crippen LogP contribution in [0, 0.1) is 13.8 Å². The van der Waals surface area contributed by atoms with Gasteiger partial charge in [0.05, 0.1) is 5.39 Å². The first-order valence-electron chi connectivity index (χ1n) is 7.21. The number of carbonyl (C=O) groups is 1. The van der Waals surface area contributed by atoms with Gasteiger partial charge in [0.15, 0.2) is 0 Å². The number of carboxylic acid groups (broad SMARTS) is 1. The summed E-state index contributed by atoms with van der Waals surface area (Å²) in [6, 6.07) is 5.81. The van der Waals surface area contributed by atoms with Crippen LogP contribution in [0.5, 0.6) is 0 Å². The van der Waals surface area contributed by atoms with E-state index in [1.165, 1.54) is 11.3 Å². The molecule has 0 saturated carbocycles. The number of thiophene rings is 1. The number of aromatic nitrogens is 3. The molecule has 6 nitrogen and oxygen atoms in total. The molecule has 0 fully saturated rings. The molecule has 3 rings (SSSR count). The fraction of sp³-hybridized carbons (Fsp3) is 0.250. The molecule has 2 N–H and O–H groups in total. The number of hydrogen-bond acceptors (Lipinski definition) is 6. The van der Waals surface area contributed by atoms with Gasteiger partial charge >= 0.3 is 5.97 Å². The average Bonchev–Trinajstić information content (AvgIpc) is 2.85. The number of aryl methyl sites for hydroxylation is 2. The summed E-state index contributed by atoms with van der Waals surface area (Å²) in [5.74, 6) is 0.378. The summed E-state index contributed by atoms with van der Waals surface area (Å²) in [6.45, 7) is 4.27. The number of carboxylic acids is 1. The quantitative estimate of drug-likeness (QED) is 0.748. The number of anilines is 1. The van der Waals surface area contributed by atoms with Gasteiger partial charge < -0.3 is 10.4 Å². The van der Waals surface area contributed by atoms with Crippen molar-refractivity contribution in [2.45, 2.75) is 20.3 Å². The lowest BCUT2D eigenvalue weighted by Crippen LogP contribution is -2.08. The lowest BCUT2D eigenvalue weighted by Gasteiger charge is -2.08. The molecular formula is C16H16N4O2S. The van der Waals surface area contributed by atoms with Crippen LogP contribution in [-0.4, -0.2) is 32.6 Å². The van der Waals surface area contributed by atoms with Crippen LogP contribution in [-0.2, 0) is 6.42 Å². The van der Waals surface area contributed by atoms with E-state index in [2.05, 4.69) is 20.3 Å². The van der Waals surface area contributed by atoms with Gasteiger partial charge in [-0.2, -0.15) is 0 Å². The summed E-state index contributed by atoms with van der Waals surface area (Å²) in [5, 5.41) is 13.4. The molecule has 0 unspecified atom stereocenters. The van der Waals surface area contributed by atoms with E-state index in [9.17, 15) is 9.90 Å². The third kappa shape index (κ3) is 3.14. The second kappa shape index (κ2) is 6.29. The van der Waals surface area contributed by atoms with E-state index in [-0.39, 0.29) is 0 Å². The molecule has 0 aliphatic carbocycles. The van der Waals surface area contributed by atoms with Crippen molar-refractivity contribution in [2.75, 3.05) is 11.9 Å². The molecule has 0 radical (unpaired) electrons. The van der Waals surface area contributed by atoms with Crippen molar-refractivity contribution in [2.24, 2.45) is 0 Å². The second-order valence-corrected chi connectivity index (χ2v) is 6.16. The van der Waals surface area contributed by atoms with Gasteiger partial charge in [-0.15, -0.1) is 11.3 Å². The molecule has 118 valence electrons. The summed E-state index contributed by atoms with van der Waals surface area (Å²) in [5.41, 5.74) is 1.70. The van der Waals surface area contributed by atoms with E-state index in [1.54, 1.807) is 20.0 Å². The van der Waals surface area contributed by atoms with E-state index in [0.717, 1.165) is 17.5 Å². The Kier molecular flexibility index (Phi) is 4.20. The van der Waals surface area contributed by atoms with E-state index in [4.69, 9.17) is 0 Å². The van der Waals surface area contributed by atoms with Crippen LogP contribution in [0.1, 0.15) is 26.8 Å². The molecule has 0 spiro atoms. The van der Waals surface area contributed by atoms with Gasteiger partial charge in [0, 0.05) is 24.9 Å². The van der Waals surface area contributed by atoms with Crippen LogP contribution in [0.4, 0.5) is 5.82 Å². The SMILES string of the molecule is Cc1nc(NCCc2ccccn2)c2c(C)c(C(=O)O)sc2n1. The minimum absolute atomic E-state index is 0.313. The molecule has 0 amide bonds. The third-order valence-corrected chi connectivity index (χ3v) is 4.67. The number of rotatable bonds is 5. The summed E-state index contributed by atoms with van der Waals surface area (Å²) >= 11 is 1.19. The zero-order valence-corrected chi connectivity index (χ0v) is 13.6. The predicted octanol–water partition coefficient (Wildman–Crippen LogP) is 3.06. The normalized spacial score (nSPS) is 10.9. The summed E-state index contributed by atoms with van der Waals surface area (Å²) in [4.78, 5) is 25.4. The summed E-state index contributed by atoms with van der Waals surface area (Å²) in [7, 11) is 0. The van der Waals surface area contributed by atoms with Crippen LogP contribution >= 0.6 is 11.3 Å². The highest BCUT2D eigenvalue weighted by Gasteiger charge is 2.19. The van der Waals surface area contributed by atoms with Gasteiger partial charge in [-0.05, 0) is 31.5 Å². The Balaban J connectivity index is 1.89. The number of pyridine rings is 1. The molecular weight excluding hydrogens is 312 g/mol. The molecule has 0 saturated heterocycles. The smallest absolute Gasteiger partial charge is 0.346 e. The molecule has 7 heteroatoms. The Morgan fingerprint density at radius 3 is 2.83 bits per heavy atom. The number of nitrogens with one attached hydrogen (secondary N) is 1. The van der Waals surface area contributed by atoms with Gasteiger partial charge in [-0.25, -0.2) is 14.8 Å². The first-order valence-corrected chi connectivity index (χ1v) is 8.02. The molecule has 3 aromatic rings. The van der Waals surface area contributed by atoms with Gasteiger partial charge in [0.25, 0.3) is 0 Å². The molecule has 3 aromatic heterocycles. The van der Waals surface area contributed by atoms with Crippen molar-refractivity contribution in [3.63, 3.8) is 0 Å². The Hall–Kier alpha value is -2.54. The predicted molar refractivity (Wildman–Crippen MR) is 90.3 cm³/mol. The van der Waals surface area contributed by atoms with Crippen LogP contribution in [0.15, 0.2) is 24.4 Å². The fourth-order valence-electron chi connectivity index (χ4n) is 2.43. The lowest BCUT2D eigenvalue weighted by atomic mass is 10.2. The minimum Gasteiger partial charge on any atom is -0.477 e. The van der Waals surface area contributed by atoms with Gasteiger partial charge in [0.1, 0.15) is 21.3 Å².